The highest BCUT2D eigenvalue weighted by atomic mass is 19.4. The van der Waals surface area contributed by atoms with E-state index in [1.807, 2.05) is 0 Å². The van der Waals surface area contributed by atoms with E-state index in [1.165, 1.54) is 35.2 Å². The van der Waals surface area contributed by atoms with Crippen LogP contribution in [0.3, 0.4) is 0 Å². The molecule has 1 unspecified atom stereocenters. The SMILES string of the molecule is NC(C(=O)N(CCc1ccc(C(F)(F)F)cc1)c1cccc(OC(F)F)c1)c1ccccc1. The van der Waals surface area contributed by atoms with E-state index in [2.05, 4.69) is 4.74 Å². The fraction of sp³-hybridized carbons (Fsp3) is 0.208. The summed E-state index contributed by atoms with van der Waals surface area (Å²) in [6, 6.07) is 17.8. The molecule has 0 saturated carbocycles. The second kappa shape index (κ2) is 10.4. The summed E-state index contributed by atoms with van der Waals surface area (Å²) in [4.78, 5) is 14.6. The number of halogens is 5. The van der Waals surface area contributed by atoms with Gasteiger partial charge in [-0.25, -0.2) is 0 Å². The van der Waals surface area contributed by atoms with Gasteiger partial charge in [-0.3, -0.25) is 4.79 Å². The molecule has 3 rings (SSSR count). The summed E-state index contributed by atoms with van der Waals surface area (Å²) < 4.78 is 68.1. The molecular weight excluding hydrogens is 443 g/mol. The van der Waals surface area contributed by atoms with Crippen LogP contribution in [0.15, 0.2) is 78.9 Å². The lowest BCUT2D eigenvalue weighted by Gasteiger charge is -2.26. The summed E-state index contributed by atoms with van der Waals surface area (Å²) in [7, 11) is 0. The molecule has 4 nitrogen and oxygen atoms in total. The molecule has 0 aliphatic carbocycles. The second-order valence-corrected chi connectivity index (χ2v) is 7.20. The molecule has 33 heavy (non-hydrogen) atoms. The average Bonchev–Trinajstić information content (AvgIpc) is 2.78. The highest BCUT2D eigenvalue weighted by Gasteiger charge is 2.30. The first-order chi connectivity index (χ1) is 15.6. The average molecular weight is 464 g/mol. The molecule has 3 aromatic rings. The first-order valence-corrected chi connectivity index (χ1v) is 9.98. The van der Waals surface area contributed by atoms with Crippen molar-refractivity contribution in [3.63, 3.8) is 0 Å². The Bertz CT molecular complexity index is 1060. The van der Waals surface area contributed by atoms with Crippen molar-refractivity contribution in [1.82, 2.24) is 0 Å². The van der Waals surface area contributed by atoms with E-state index in [-0.39, 0.29) is 24.4 Å². The Morgan fingerprint density at radius 1 is 0.939 bits per heavy atom. The van der Waals surface area contributed by atoms with Gasteiger partial charge in [-0.05, 0) is 41.8 Å². The number of benzene rings is 3. The van der Waals surface area contributed by atoms with Gasteiger partial charge in [0.2, 0.25) is 5.91 Å². The van der Waals surface area contributed by atoms with Crippen molar-refractivity contribution in [2.24, 2.45) is 5.73 Å². The summed E-state index contributed by atoms with van der Waals surface area (Å²) in [6.07, 6.45) is -4.24. The van der Waals surface area contributed by atoms with Crippen LogP contribution >= 0.6 is 0 Å². The molecule has 2 N–H and O–H groups in total. The third-order valence-electron chi connectivity index (χ3n) is 4.95. The van der Waals surface area contributed by atoms with Gasteiger partial charge >= 0.3 is 12.8 Å². The molecule has 0 fully saturated rings. The second-order valence-electron chi connectivity index (χ2n) is 7.20. The number of hydrogen-bond acceptors (Lipinski definition) is 3. The summed E-state index contributed by atoms with van der Waals surface area (Å²) in [5, 5.41) is 0. The van der Waals surface area contributed by atoms with Crippen molar-refractivity contribution >= 4 is 11.6 Å². The molecule has 0 aliphatic rings. The van der Waals surface area contributed by atoms with Crippen LogP contribution in [-0.2, 0) is 17.4 Å². The maximum Gasteiger partial charge on any atom is 0.416 e. The predicted octanol–water partition coefficient (Wildman–Crippen LogP) is 5.58. The van der Waals surface area contributed by atoms with Crippen molar-refractivity contribution < 1.29 is 31.5 Å². The molecule has 0 bridgehead atoms. The van der Waals surface area contributed by atoms with Crippen LogP contribution < -0.4 is 15.4 Å². The van der Waals surface area contributed by atoms with E-state index >= 15 is 0 Å². The minimum Gasteiger partial charge on any atom is -0.435 e. The number of anilines is 1. The van der Waals surface area contributed by atoms with Crippen LogP contribution in [0.4, 0.5) is 27.6 Å². The molecule has 3 aromatic carbocycles. The predicted molar refractivity (Wildman–Crippen MR) is 114 cm³/mol. The van der Waals surface area contributed by atoms with Crippen LogP contribution in [0.2, 0.25) is 0 Å². The molecule has 174 valence electrons. The molecule has 0 aliphatic heterocycles. The smallest absolute Gasteiger partial charge is 0.416 e. The Labute approximate surface area is 187 Å². The van der Waals surface area contributed by atoms with Crippen LogP contribution in [0.5, 0.6) is 5.75 Å². The number of ether oxygens (including phenoxy) is 1. The topological polar surface area (TPSA) is 55.6 Å². The van der Waals surface area contributed by atoms with Gasteiger partial charge in [-0.15, -0.1) is 0 Å². The van der Waals surface area contributed by atoms with E-state index < -0.39 is 30.3 Å². The fourth-order valence-corrected chi connectivity index (χ4v) is 3.27. The van der Waals surface area contributed by atoms with E-state index in [0.717, 1.165) is 12.1 Å². The first-order valence-electron chi connectivity index (χ1n) is 9.98. The Balaban J connectivity index is 1.86. The van der Waals surface area contributed by atoms with E-state index in [0.29, 0.717) is 11.1 Å². The summed E-state index contributed by atoms with van der Waals surface area (Å²) in [5.41, 5.74) is 6.78. The monoisotopic (exact) mass is 464 g/mol. The molecule has 0 saturated heterocycles. The Kier molecular flexibility index (Phi) is 7.65. The first kappa shape index (κ1) is 24.2. The minimum atomic E-state index is -4.45. The number of hydrogen-bond donors (Lipinski definition) is 1. The number of alkyl halides is 5. The van der Waals surface area contributed by atoms with Gasteiger partial charge in [-0.2, -0.15) is 22.0 Å². The van der Waals surface area contributed by atoms with Crippen LogP contribution in [0.1, 0.15) is 22.7 Å². The minimum absolute atomic E-state index is 0.0584. The molecule has 9 heteroatoms. The van der Waals surface area contributed by atoms with Crippen molar-refractivity contribution in [3.05, 3.63) is 95.6 Å². The number of nitrogens with two attached hydrogens (primary N) is 1. The number of nitrogens with zero attached hydrogens (tertiary/aromatic N) is 1. The summed E-state index contributed by atoms with van der Waals surface area (Å²) in [5.74, 6) is -0.634. The standard InChI is InChI=1S/C24H21F5N2O2/c25-23(26)33-20-8-4-7-19(15-20)31(22(32)21(30)17-5-2-1-3-6-17)14-13-16-9-11-18(12-10-16)24(27,28)29/h1-12,15,21,23H,13-14,30H2. The third-order valence-corrected chi connectivity index (χ3v) is 4.95. The molecule has 1 amide bonds. The largest absolute Gasteiger partial charge is 0.435 e. The number of carbonyl (C=O) groups is 1. The highest BCUT2D eigenvalue weighted by Crippen LogP contribution is 2.30. The normalized spacial score (nSPS) is 12.5. The zero-order chi connectivity index (χ0) is 24.0. The Morgan fingerprint density at radius 2 is 1.61 bits per heavy atom. The maximum absolute atomic E-state index is 13.2. The van der Waals surface area contributed by atoms with Crippen molar-refractivity contribution in [3.8, 4) is 5.75 Å². The number of carbonyl (C=O) groups excluding carboxylic acids is 1. The van der Waals surface area contributed by atoms with Gasteiger partial charge in [-0.1, -0.05) is 48.5 Å². The molecule has 0 aromatic heterocycles. The third kappa shape index (κ3) is 6.52. The lowest BCUT2D eigenvalue weighted by atomic mass is 10.0. The van der Waals surface area contributed by atoms with Gasteiger partial charge in [0.25, 0.3) is 0 Å². The van der Waals surface area contributed by atoms with Gasteiger partial charge in [0.05, 0.1) is 5.56 Å². The molecule has 0 heterocycles. The molecule has 0 spiro atoms. The van der Waals surface area contributed by atoms with Gasteiger partial charge in [0.1, 0.15) is 11.8 Å². The van der Waals surface area contributed by atoms with Crippen molar-refractivity contribution in [2.75, 3.05) is 11.4 Å². The van der Waals surface area contributed by atoms with Crippen LogP contribution in [-0.4, -0.2) is 19.1 Å². The van der Waals surface area contributed by atoms with Crippen molar-refractivity contribution in [1.29, 1.82) is 0 Å². The lowest BCUT2D eigenvalue weighted by molar-refractivity contribution is -0.137. The van der Waals surface area contributed by atoms with E-state index in [4.69, 9.17) is 5.73 Å². The summed E-state index contributed by atoms with van der Waals surface area (Å²) in [6.45, 7) is -2.98. The number of amides is 1. The molecular formula is C24H21F5N2O2. The van der Waals surface area contributed by atoms with E-state index in [9.17, 15) is 26.7 Å². The van der Waals surface area contributed by atoms with Gasteiger partial charge in [0.15, 0.2) is 0 Å². The zero-order valence-electron chi connectivity index (χ0n) is 17.3. The van der Waals surface area contributed by atoms with Gasteiger partial charge < -0.3 is 15.4 Å². The highest BCUT2D eigenvalue weighted by molar-refractivity contribution is 5.97. The fourth-order valence-electron chi connectivity index (χ4n) is 3.27. The maximum atomic E-state index is 13.2. The van der Waals surface area contributed by atoms with Crippen LogP contribution in [0, 0.1) is 0 Å². The summed E-state index contributed by atoms with van der Waals surface area (Å²) >= 11 is 0. The van der Waals surface area contributed by atoms with Gasteiger partial charge in [0, 0.05) is 18.3 Å². The van der Waals surface area contributed by atoms with Crippen LogP contribution in [0.25, 0.3) is 0 Å². The lowest BCUT2D eigenvalue weighted by Crippen LogP contribution is -2.40. The van der Waals surface area contributed by atoms with Crippen molar-refractivity contribution in [2.45, 2.75) is 25.3 Å². The Hall–Kier alpha value is -3.46. The Morgan fingerprint density at radius 3 is 2.21 bits per heavy atom. The molecule has 0 radical (unpaired) electrons. The number of rotatable bonds is 8. The zero-order valence-corrected chi connectivity index (χ0v) is 17.3. The quantitative estimate of drug-likeness (QED) is 0.443. The van der Waals surface area contributed by atoms with E-state index in [1.54, 1.807) is 36.4 Å². The molecule has 1 atom stereocenters.